The summed E-state index contributed by atoms with van der Waals surface area (Å²) in [4.78, 5) is 25.0. The standard InChI is InChI=1S/C20H26ClNO5/c21-9-8-14-16(25)22-19-17(26)27-20(19,18(14,19)10-23)15(24)13-7-3-5-11-4-1-2-6-12(11)13/h13-15,23-24H,1-10H2,(H,22,25)/t13-,14-,15-,18+,19?,20?/m0/s1. The molecule has 2 aliphatic heterocycles. The molecule has 148 valence electrons. The van der Waals surface area contributed by atoms with Crippen molar-refractivity contribution in [2.24, 2.45) is 17.3 Å². The number of hydrogen-bond donors (Lipinski definition) is 3. The molecule has 7 heteroatoms. The van der Waals surface area contributed by atoms with Gasteiger partial charge in [-0.2, -0.15) is 0 Å². The Hall–Kier alpha value is -1.11. The van der Waals surface area contributed by atoms with Gasteiger partial charge in [0.2, 0.25) is 5.91 Å². The quantitative estimate of drug-likeness (QED) is 0.371. The van der Waals surface area contributed by atoms with Crippen molar-refractivity contribution in [2.45, 2.75) is 68.6 Å². The van der Waals surface area contributed by atoms with Gasteiger partial charge in [0, 0.05) is 11.8 Å². The lowest BCUT2D eigenvalue weighted by atomic mass is 9.70. The number of ether oxygens (including phenoxy) is 1. The van der Waals surface area contributed by atoms with Crippen LogP contribution >= 0.6 is 11.6 Å². The van der Waals surface area contributed by atoms with E-state index >= 15 is 0 Å². The highest BCUT2D eigenvalue weighted by molar-refractivity contribution is 6.18. The lowest BCUT2D eigenvalue weighted by Gasteiger charge is -2.44. The van der Waals surface area contributed by atoms with E-state index < -0.39 is 34.5 Å². The summed E-state index contributed by atoms with van der Waals surface area (Å²) in [5.74, 6) is -1.25. The van der Waals surface area contributed by atoms with Gasteiger partial charge < -0.3 is 20.3 Å². The zero-order chi connectivity index (χ0) is 19.0. The molecule has 0 aromatic rings. The number of amides is 1. The van der Waals surface area contributed by atoms with Crippen LogP contribution in [0.1, 0.15) is 51.4 Å². The van der Waals surface area contributed by atoms with Gasteiger partial charge in [-0.1, -0.05) is 11.1 Å². The van der Waals surface area contributed by atoms with Crippen molar-refractivity contribution in [3.05, 3.63) is 11.1 Å². The van der Waals surface area contributed by atoms with Crippen molar-refractivity contribution in [1.82, 2.24) is 5.32 Å². The molecular weight excluding hydrogens is 370 g/mol. The van der Waals surface area contributed by atoms with E-state index in [2.05, 4.69) is 5.32 Å². The van der Waals surface area contributed by atoms with Crippen LogP contribution in [-0.4, -0.2) is 51.8 Å². The number of fused-ring (bicyclic) bond motifs is 1. The Kier molecular flexibility index (Phi) is 3.79. The van der Waals surface area contributed by atoms with E-state index in [1.807, 2.05) is 0 Å². The Labute approximate surface area is 163 Å². The highest BCUT2D eigenvalue weighted by Gasteiger charge is 3.07. The summed E-state index contributed by atoms with van der Waals surface area (Å²) in [6, 6.07) is 0. The minimum absolute atomic E-state index is 0.0680. The summed E-state index contributed by atoms with van der Waals surface area (Å²) in [5, 5.41) is 24.6. The topological polar surface area (TPSA) is 95.9 Å². The molecule has 27 heavy (non-hydrogen) atoms. The minimum atomic E-state index is -1.28. The monoisotopic (exact) mass is 395 g/mol. The third-order valence-corrected chi connectivity index (χ3v) is 8.34. The molecule has 5 aliphatic rings. The Morgan fingerprint density at radius 3 is 2.67 bits per heavy atom. The first-order valence-corrected chi connectivity index (χ1v) is 10.7. The number of carbonyl (C=O) groups excluding carboxylic acids is 2. The van der Waals surface area contributed by atoms with Crippen molar-refractivity contribution in [3.63, 3.8) is 0 Å². The molecular formula is C20H26ClNO5. The average Bonchev–Trinajstić information content (AvgIpc) is 2.94. The number of piperidine rings is 1. The van der Waals surface area contributed by atoms with Crippen LogP contribution in [0, 0.1) is 17.3 Å². The Morgan fingerprint density at radius 2 is 1.96 bits per heavy atom. The van der Waals surface area contributed by atoms with Crippen molar-refractivity contribution < 1.29 is 24.5 Å². The van der Waals surface area contributed by atoms with E-state index in [9.17, 15) is 19.8 Å². The number of alkyl halides is 1. The molecule has 3 fully saturated rings. The van der Waals surface area contributed by atoms with Crippen LogP contribution in [0.4, 0.5) is 0 Å². The molecule has 3 aliphatic carbocycles. The molecule has 5 rings (SSSR count). The summed E-state index contributed by atoms with van der Waals surface area (Å²) < 4.78 is 5.64. The third kappa shape index (κ3) is 1.73. The smallest absolute Gasteiger partial charge is 0.337 e. The molecule has 6 atom stereocenters. The fourth-order valence-electron chi connectivity index (χ4n) is 7.04. The Morgan fingerprint density at radius 1 is 1.22 bits per heavy atom. The number of allylic oxidation sites excluding steroid dienone is 1. The lowest BCUT2D eigenvalue weighted by molar-refractivity contribution is -0.200. The summed E-state index contributed by atoms with van der Waals surface area (Å²) in [5.41, 5.74) is -0.818. The fraction of sp³-hybridized carbons (Fsp3) is 0.800. The van der Waals surface area contributed by atoms with E-state index in [4.69, 9.17) is 16.3 Å². The van der Waals surface area contributed by atoms with Crippen molar-refractivity contribution >= 4 is 23.5 Å². The van der Waals surface area contributed by atoms with Gasteiger partial charge in [0.05, 0.1) is 17.9 Å². The molecule has 2 unspecified atom stereocenters. The van der Waals surface area contributed by atoms with Crippen LogP contribution in [0.2, 0.25) is 0 Å². The number of aliphatic hydroxyl groups excluding tert-OH is 2. The van der Waals surface area contributed by atoms with Crippen LogP contribution in [0.15, 0.2) is 11.1 Å². The number of rotatable bonds is 5. The van der Waals surface area contributed by atoms with Crippen molar-refractivity contribution in [3.8, 4) is 0 Å². The molecule has 1 saturated carbocycles. The fourth-order valence-corrected chi connectivity index (χ4v) is 7.26. The van der Waals surface area contributed by atoms with Crippen LogP contribution in [0.3, 0.4) is 0 Å². The SMILES string of the molecule is O=C1NC23C(=O)OC2([C@@H](O)[C@H]2CCCC4=C2CCCC4)[C@]3(CO)[C@H]1CCCl. The van der Waals surface area contributed by atoms with Gasteiger partial charge >= 0.3 is 5.97 Å². The molecule has 2 saturated heterocycles. The van der Waals surface area contributed by atoms with E-state index in [0.717, 1.165) is 38.5 Å². The molecule has 0 aromatic carbocycles. The number of halogens is 1. The van der Waals surface area contributed by atoms with Crippen molar-refractivity contribution in [1.29, 1.82) is 0 Å². The summed E-state index contributed by atoms with van der Waals surface area (Å²) in [6.45, 7) is -0.380. The molecule has 1 amide bonds. The van der Waals surface area contributed by atoms with Gasteiger partial charge in [0.15, 0.2) is 11.1 Å². The Bertz CT molecular complexity index is 749. The van der Waals surface area contributed by atoms with E-state index in [1.54, 1.807) is 0 Å². The summed E-state index contributed by atoms with van der Waals surface area (Å²) in [7, 11) is 0. The van der Waals surface area contributed by atoms with Crippen LogP contribution in [-0.2, 0) is 14.3 Å². The van der Waals surface area contributed by atoms with Gasteiger partial charge in [0.1, 0.15) is 6.10 Å². The van der Waals surface area contributed by atoms with Gasteiger partial charge in [-0.15, -0.1) is 11.6 Å². The number of aliphatic hydroxyl groups is 2. The van der Waals surface area contributed by atoms with Gasteiger partial charge in [0.25, 0.3) is 0 Å². The number of nitrogens with one attached hydrogen (secondary N) is 1. The second-order valence-corrected chi connectivity index (χ2v) is 9.18. The van der Waals surface area contributed by atoms with Gasteiger partial charge in [-0.3, -0.25) is 4.79 Å². The van der Waals surface area contributed by atoms with Gasteiger partial charge in [-0.25, -0.2) is 4.79 Å². The van der Waals surface area contributed by atoms with Gasteiger partial charge in [-0.05, 0) is 51.4 Å². The third-order valence-electron chi connectivity index (χ3n) is 8.12. The molecule has 0 bridgehead atoms. The first-order chi connectivity index (χ1) is 13.0. The highest BCUT2D eigenvalue weighted by Crippen LogP contribution is 2.82. The van der Waals surface area contributed by atoms with E-state index in [1.165, 1.54) is 17.6 Å². The summed E-state index contributed by atoms with van der Waals surface area (Å²) >= 11 is 5.91. The molecule has 2 heterocycles. The summed E-state index contributed by atoms with van der Waals surface area (Å²) in [6.07, 6.45) is 6.78. The zero-order valence-electron chi connectivity index (χ0n) is 15.3. The number of carbonyl (C=O) groups is 2. The molecule has 3 N–H and O–H groups in total. The van der Waals surface area contributed by atoms with Crippen molar-refractivity contribution in [2.75, 3.05) is 12.5 Å². The maximum absolute atomic E-state index is 12.5. The number of hydrogen-bond acceptors (Lipinski definition) is 5. The largest absolute Gasteiger partial charge is 0.450 e. The number of esters is 1. The maximum Gasteiger partial charge on any atom is 0.337 e. The second-order valence-electron chi connectivity index (χ2n) is 8.80. The van der Waals surface area contributed by atoms with Crippen LogP contribution in [0.25, 0.3) is 0 Å². The van der Waals surface area contributed by atoms with Crippen LogP contribution < -0.4 is 5.32 Å². The second kappa shape index (κ2) is 5.71. The molecule has 0 aromatic heterocycles. The molecule has 6 nitrogen and oxygen atoms in total. The molecule has 0 radical (unpaired) electrons. The highest BCUT2D eigenvalue weighted by atomic mass is 35.5. The average molecular weight is 396 g/mol. The normalized spacial score (nSPS) is 45.9. The molecule has 1 spiro atoms. The first-order valence-electron chi connectivity index (χ1n) is 10.1. The Balaban J connectivity index is 1.55. The zero-order valence-corrected chi connectivity index (χ0v) is 16.1. The first kappa shape index (κ1) is 18.0. The van der Waals surface area contributed by atoms with Crippen LogP contribution in [0.5, 0.6) is 0 Å². The van der Waals surface area contributed by atoms with E-state index in [-0.39, 0.29) is 24.3 Å². The van der Waals surface area contributed by atoms with E-state index in [0.29, 0.717) is 6.42 Å². The minimum Gasteiger partial charge on any atom is -0.450 e. The predicted octanol–water partition coefficient (Wildman–Crippen LogP) is 1.42. The maximum atomic E-state index is 12.5. The lowest BCUT2D eigenvalue weighted by Crippen LogP contribution is -2.66. The predicted molar refractivity (Wildman–Crippen MR) is 96.9 cm³/mol.